The average molecular weight is 236 g/mol. The lowest BCUT2D eigenvalue weighted by Gasteiger charge is -2.36. The zero-order valence-electron chi connectivity index (χ0n) is 10.1. The molecule has 2 aliphatic rings. The first-order chi connectivity index (χ1) is 8.38. The van der Waals surface area contributed by atoms with Gasteiger partial charge in [0.1, 0.15) is 0 Å². The number of rotatable bonds is 3. The number of nitrogens with two attached hydrogens (primary N) is 1. The molecule has 0 radical (unpaired) electrons. The molecule has 2 heterocycles. The maximum Gasteiger partial charge on any atom is 0.318 e. The lowest BCUT2D eigenvalue weighted by molar-refractivity contribution is 0.339. The summed E-state index contributed by atoms with van der Waals surface area (Å²) in [4.78, 5) is 2.33. The van der Waals surface area contributed by atoms with Crippen LogP contribution in [0.15, 0.2) is 4.42 Å². The molecule has 5 heteroatoms. The molecule has 2 unspecified atom stereocenters. The summed E-state index contributed by atoms with van der Waals surface area (Å²) in [6.45, 7) is 1.62. The van der Waals surface area contributed by atoms with Gasteiger partial charge in [-0.05, 0) is 31.6 Å². The molecule has 1 aromatic heterocycles. The van der Waals surface area contributed by atoms with Crippen molar-refractivity contribution in [2.45, 2.75) is 44.6 Å². The third-order valence-corrected chi connectivity index (χ3v) is 4.05. The van der Waals surface area contributed by atoms with E-state index in [0.29, 0.717) is 30.9 Å². The minimum atomic E-state index is 0.563. The first kappa shape index (κ1) is 11.0. The summed E-state index contributed by atoms with van der Waals surface area (Å²) in [5.41, 5.74) is 5.49. The van der Waals surface area contributed by atoms with Crippen LogP contribution in [0.4, 0.5) is 6.01 Å². The second-order valence-corrected chi connectivity index (χ2v) is 5.11. The van der Waals surface area contributed by atoms with Gasteiger partial charge >= 0.3 is 6.01 Å². The quantitative estimate of drug-likeness (QED) is 0.857. The minimum absolute atomic E-state index is 0.563. The van der Waals surface area contributed by atoms with Crippen LogP contribution >= 0.6 is 0 Å². The van der Waals surface area contributed by atoms with Gasteiger partial charge in [-0.25, -0.2) is 0 Å². The summed E-state index contributed by atoms with van der Waals surface area (Å²) in [6.07, 6.45) is 7.27. The van der Waals surface area contributed by atoms with E-state index >= 15 is 0 Å². The summed E-state index contributed by atoms with van der Waals surface area (Å²) >= 11 is 0. The molecule has 1 aliphatic carbocycles. The largest absolute Gasteiger partial charge is 0.408 e. The molecule has 3 rings (SSSR count). The molecule has 1 saturated carbocycles. The van der Waals surface area contributed by atoms with Gasteiger partial charge in [-0.2, -0.15) is 0 Å². The lowest BCUT2D eigenvalue weighted by atomic mass is 9.92. The van der Waals surface area contributed by atoms with Crippen LogP contribution in [0.25, 0.3) is 0 Å². The maximum absolute atomic E-state index is 5.70. The molecule has 17 heavy (non-hydrogen) atoms. The fraction of sp³-hybridized carbons (Fsp3) is 0.833. The van der Waals surface area contributed by atoms with E-state index in [1.165, 1.54) is 32.1 Å². The van der Waals surface area contributed by atoms with E-state index in [0.717, 1.165) is 12.5 Å². The molecule has 1 aliphatic heterocycles. The van der Waals surface area contributed by atoms with Crippen LogP contribution in [0.3, 0.4) is 0 Å². The molecule has 1 aromatic rings. The Hall–Kier alpha value is -1.10. The van der Waals surface area contributed by atoms with Crippen molar-refractivity contribution in [3.63, 3.8) is 0 Å². The van der Waals surface area contributed by atoms with Gasteiger partial charge in [-0.3, -0.25) is 0 Å². The maximum atomic E-state index is 5.70. The Bertz CT molecular complexity index is 378. The lowest BCUT2D eigenvalue weighted by Crippen LogP contribution is -2.42. The molecule has 2 N–H and O–H groups in total. The predicted octanol–water partition coefficient (Wildman–Crippen LogP) is 1.34. The first-order valence-corrected chi connectivity index (χ1v) is 6.67. The summed E-state index contributed by atoms with van der Waals surface area (Å²) in [5.74, 6) is 1.51. The van der Waals surface area contributed by atoms with Gasteiger partial charge in [0.05, 0.1) is 0 Å². The SMILES string of the molecule is NCCc1nnc(N2CCCC3CCCC32)o1. The Balaban J connectivity index is 1.77. The molecule has 94 valence electrons. The number of piperidine rings is 1. The van der Waals surface area contributed by atoms with Crippen molar-refractivity contribution in [1.82, 2.24) is 10.2 Å². The highest BCUT2D eigenvalue weighted by Gasteiger charge is 2.37. The van der Waals surface area contributed by atoms with Crippen LogP contribution in [0.5, 0.6) is 0 Å². The Morgan fingerprint density at radius 2 is 2.12 bits per heavy atom. The Labute approximate surface area is 101 Å². The Morgan fingerprint density at radius 1 is 1.24 bits per heavy atom. The summed E-state index contributed by atoms with van der Waals surface area (Å²) < 4.78 is 5.70. The topological polar surface area (TPSA) is 68.2 Å². The number of hydrogen-bond acceptors (Lipinski definition) is 5. The van der Waals surface area contributed by atoms with Crippen LogP contribution in [-0.2, 0) is 6.42 Å². The normalized spacial score (nSPS) is 28.4. The van der Waals surface area contributed by atoms with Crippen LogP contribution in [0.2, 0.25) is 0 Å². The number of nitrogens with zero attached hydrogens (tertiary/aromatic N) is 3. The minimum Gasteiger partial charge on any atom is -0.408 e. The molecule has 2 fully saturated rings. The van der Waals surface area contributed by atoms with Gasteiger partial charge in [0, 0.05) is 25.6 Å². The Kier molecular flexibility index (Phi) is 3.01. The number of aromatic nitrogens is 2. The molecule has 5 nitrogen and oxygen atoms in total. The van der Waals surface area contributed by atoms with Crippen molar-refractivity contribution < 1.29 is 4.42 Å². The van der Waals surface area contributed by atoms with E-state index < -0.39 is 0 Å². The Morgan fingerprint density at radius 3 is 3.00 bits per heavy atom. The fourth-order valence-electron chi connectivity index (χ4n) is 3.28. The van der Waals surface area contributed by atoms with E-state index in [4.69, 9.17) is 10.2 Å². The summed E-state index contributed by atoms with van der Waals surface area (Å²) in [5, 5.41) is 8.23. The van der Waals surface area contributed by atoms with Gasteiger partial charge < -0.3 is 15.1 Å². The van der Waals surface area contributed by atoms with E-state index in [2.05, 4.69) is 15.1 Å². The second-order valence-electron chi connectivity index (χ2n) is 5.11. The van der Waals surface area contributed by atoms with Gasteiger partial charge in [0.2, 0.25) is 5.89 Å². The third-order valence-electron chi connectivity index (χ3n) is 4.05. The monoisotopic (exact) mass is 236 g/mol. The molecule has 0 spiro atoms. The van der Waals surface area contributed by atoms with Crippen molar-refractivity contribution in [3.05, 3.63) is 5.89 Å². The molecule has 2 atom stereocenters. The highest BCUT2D eigenvalue weighted by molar-refractivity contribution is 5.29. The highest BCUT2D eigenvalue weighted by Crippen LogP contribution is 2.38. The second kappa shape index (κ2) is 4.64. The third kappa shape index (κ3) is 2.04. The van der Waals surface area contributed by atoms with E-state index in [1.54, 1.807) is 0 Å². The van der Waals surface area contributed by atoms with Crippen LogP contribution in [0, 0.1) is 5.92 Å². The van der Waals surface area contributed by atoms with Gasteiger partial charge in [0.15, 0.2) is 0 Å². The van der Waals surface area contributed by atoms with E-state index in [-0.39, 0.29) is 0 Å². The predicted molar refractivity (Wildman–Crippen MR) is 64.8 cm³/mol. The average Bonchev–Trinajstić information content (AvgIpc) is 2.96. The highest BCUT2D eigenvalue weighted by atomic mass is 16.4. The summed E-state index contributed by atoms with van der Waals surface area (Å²) in [7, 11) is 0. The van der Waals surface area contributed by atoms with Crippen LogP contribution in [0.1, 0.15) is 38.0 Å². The van der Waals surface area contributed by atoms with Gasteiger partial charge in [0.25, 0.3) is 0 Å². The summed E-state index contributed by atoms with van der Waals surface area (Å²) in [6, 6.07) is 1.35. The number of anilines is 1. The first-order valence-electron chi connectivity index (χ1n) is 6.67. The van der Waals surface area contributed by atoms with Gasteiger partial charge in [-0.1, -0.05) is 11.5 Å². The van der Waals surface area contributed by atoms with Crippen LogP contribution < -0.4 is 10.6 Å². The zero-order valence-corrected chi connectivity index (χ0v) is 10.1. The fourth-order valence-corrected chi connectivity index (χ4v) is 3.28. The molecular weight excluding hydrogens is 216 g/mol. The standard InChI is InChI=1S/C12H20N4O/c13-7-6-11-14-15-12(17-11)16-8-2-4-9-3-1-5-10(9)16/h9-10H,1-8,13H2. The molecule has 0 aromatic carbocycles. The van der Waals surface area contributed by atoms with Crippen molar-refractivity contribution in [2.24, 2.45) is 11.7 Å². The van der Waals surface area contributed by atoms with Crippen LogP contribution in [-0.4, -0.2) is 29.3 Å². The molecular formula is C12H20N4O. The number of fused-ring (bicyclic) bond motifs is 1. The molecule has 1 saturated heterocycles. The number of hydrogen-bond donors (Lipinski definition) is 1. The van der Waals surface area contributed by atoms with Gasteiger partial charge in [-0.15, -0.1) is 5.10 Å². The zero-order chi connectivity index (χ0) is 11.7. The van der Waals surface area contributed by atoms with E-state index in [9.17, 15) is 0 Å². The van der Waals surface area contributed by atoms with Crippen molar-refractivity contribution in [2.75, 3.05) is 18.0 Å². The smallest absolute Gasteiger partial charge is 0.318 e. The van der Waals surface area contributed by atoms with E-state index in [1.807, 2.05) is 0 Å². The van der Waals surface area contributed by atoms with Crippen molar-refractivity contribution >= 4 is 6.01 Å². The van der Waals surface area contributed by atoms with Crippen molar-refractivity contribution in [3.8, 4) is 0 Å². The molecule has 0 bridgehead atoms. The van der Waals surface area contributed by atoms with Crippen molar-refractivity contribution in [1.29, 1.82) is 0 Å². The molecule has 0 amide bonds.